The van der Waals surface area contributed by atoms with Gasteiger partial charge in [-0.1, -0.05) is 24.3 Å². The fraction of sp³-hybridized carbons (Fsp3) is 0.467. The molecule has 1 aromatic heterocycles. The van der Waals surface area contributed by atoms with Crippen LogP contribution in [0, 0.1) is 0 Å². The predicted molar refractivity (Wildman–Crippen MR) is 76.1 cm³/mol. The largest absolute Gasteiger partial charge is 0.365 e. The van der Waals surface area contributed by atoms with Gasteiger partial charge in [0.25, 0.3) is 0 Å². The summed E-state index contributed by atoms with van der Waals surface area (Å²) in [5.41, 5.74) is 0. The van der Waals surface area contributed by atoms with E-state index in [4.69, 9.17) is 0 Å². The summed E-state index contributed by atoms with van der Waals surface area (Å²) in [5.74, 6) is 0.935. The maximum absolute atomic E-state index is 4.29. The SMILES string of the molecule is c1ccc2c(NC3CC4CCC(C3)N4)nncc2c1. The average Bonchev–Trinajstić information content (AvgIpc) is 2.78. The maximum Gasteiger partial charge on any atom is 0.156 e. The van der Waals surface area contributed by atoms with Crippen molar-refractivity contribution in [3.8, 4) is 0 Å². The number of nitrogens with zero attached hydrogens (tertiary/aromatic N) is 2. The Balaban J connectivity index is 1.61. The highest BCUT2D eigenvalue weighted by atomic mass is 15.2. The number of fused-ring (bicyclic) bond motifs is 3. The molecule has 19 heavy (non-hydrogen) atoms. The van der Waals surface area contributed by atoms with E-state index in [1.54, 1.807) is 0 Å². The van der Waals surface area contributed by atoms with Gasteiger partial charge in [-0.15, -0.1) is 5.10 Å². The number of nitrogens with one attached hydrogen (secondary N) is 2. The fourth-order valence-corrected chi connectivity index (χ4v) is 3.50. The Morgan fingerprint density at radius 1 is 1.11 bits per heavy atom. The zero-order valence-electron chi connectivity index (χ0n) is 10.8. The summed E-state index contributed by atoms with van der Waals surface area (Å²) in [7, 11) is 0. The second-order valence-electron chi connectivity index (χ2n) is 5.73. The smallest absolute Gasteiger partial charge is 0.156 e. The highest BCUT2D eigenvalue weighted by molar-refractivity contribution is 5.90. The van der Waals surface area contributed by atoms with Crippen LogP contribution >= 0.6 is 0 Å². The van der Waals surface area contributed by atoms with Gasteiger partial charge in [0.2, 0.25) is 0 Å². The molecule has 4 nitrogen and oxygen atoms in total. The third kappa shape index (κ3) is 2.06. The van der Waals surface area contributed by atoms with Crippen molar-refractivity contribution < 1.29 is 0 Å². The number of hydrogen-bond acceptors (Lipinski definition) is 4. The van der Waals surface area contributed by atoms with Gasteiger partial charge in [-0.05, 0) is 25.7 Å². The van der Waals surface area contributed by atoms with Gasteiger partial charge < -0.3 is 10.6 Å². The van der Waals surface area contributed by atoms with Gasteiger partial charge >= 0.3 is 0 Å². The molecule has 98 valence electrons. The van der Waals surface area contributed by atoms with Crippen LogP contribution in [-0.2, 0) is 0 Å². The molecule has 2 unspecified atom stereocenters. The molecule has 3 heterocycles. The van der Waals surface area contributed by atoms with E-state index in [1.165, 1.54) is 31.1 Å². The van der Waals surface area contributed by atoms with Gasteiger partial charge in [0.1, 0.15) is 0 Å². The van der Waals surface area contributed by atoms with Crippen LogP contribution in [0.2, 0.25) is 0 Å². The Bertz CT molecular complexity index is 580. The van der Waals surface area contributed by atoms with Crippen LogP contribution in [0.25, 0.3) is 10.8 Å². The Morgan fingerprint density at radius 3 is 2.74 bits per heavy atom. The van der Waals surface area contributed by atoms with Crippen LogP contribution in [0.3, 0.4) is 0 Å². The van der Waals surface area contributed by atoms with Crippen molar-refractivity contribution in [3.63, 3.8) is 0 Å². The summed E-state index contributed by atoms with van der Waals surface area (Å²) in [4.78, 5) is 0. The summed E-state index contributed by atoms with van der Waals surface area (Å²) in [5, 5.41) is 18.0. The normalized spacial score (nSPS) is 29.6. The molecule has 1 aromatic carbocycles. The number of anilines is 1. The molecule has 2 N–H and O–H groups in total. The predicted octanol–water partition coefficient (Wildman–Crippen LogP) is 2.32. The van der Waals surface area contributed by atoms with Crippen molar-refractivity contribution >= 4 is 16.6 Å². The van der Waals surface area contributed by atoms with E-state index in [0.29, 0.717) is 18.1 Å². The lowest BCUT2D eigenvalue weighted by atomic mass is 9.99. The Hall–Kier alpha value is -1.68. The molecule has 0 aliphatic carbocycles. The maximum atomic E-state index is 4.29. The molecule has 2 atom stereocenters. The van der Waals surface area contributed by atoms with Crippen molar-refractivity contribution in [2.75, 3.05) is 5.32 Å². The summed E-state index contributed by atoms with van der Waals surface area (Å²) in [6, 6.07) is 10.2. The van der Waals surface area contributed by atoms with E-state index in [0.717, 1.165) is 11.2 Å². The van der Waals surface area contributed by atoms with E-state index < -0.39 is 0 Å². The second-order valence-corrected chi connectivity index (χ2v) is 5.73. The van der Waals surface area contributed by atoms with Crippen LogP contribution in [0.15, 0.2) is 30.5 Å². The first-order chi connectivity index (χ1) is 9.38. The molecule has 2 aliphatic heterocycles. The molecule has 2 bridgehead atoms. The lowest BCUT2D eigenvalue weighted by Crippen LogP contribution is -2.43. The molecule has 0 radical (unpaired) electrons. The minimum atomic E-state index is 0.527. The van der Waals surface area contributed by atoms with E-state index in [2.05, 4.69) is 39.0 Å². The number of hydrogen-bond donors (Lipinski definition) is 2. The molecule has 0 saturated carbocycles. The number of rotatable bonds is 2. The number of piperidine rings is 1. The van der Waals surface area contributed by atoms with Gasteiger partial charge in [-0.25, -0.2) is 0 Å². The van der Waals surface area contributed by atoms with Crippen molar-refractivity contribution in [1.29, 1.82) is 0 Å². The van der Waals surface area contributed by atoms with Gasteiger partial charge in [0.05, 0.1) is 6.20 Å². The molecule has 2 aromatic rings. The van der Waals surface area contributed by atoms with Crippen molar-refractivity contribution in [2.24, 2.45) is 0 Å². The van der Waals surface area contributed by atoms with Crippen LogP contribution in [0.4, 0.5) is 5.82 Å². The number of benzene rings is 1. The summed E-state index contributed by atoms with van der Waals surface area (Å²) < 4.78 is 0. The molecule has 4 heteroatoms. The summed E-state index contributed by atoms with van der Waals surface area (Å²) in [6.07, 6.45) is 6.86. The Labute approximate surface area is 112 Å². The van der Waals surface area contributed by atoms with E-state index in [1.807, 2.05) is 12.3 Å². The monoisotopic (exact) mass is 254 g/mol. The molecular weight excluding hydrogens is 236 g/mol. The first-order valence-electron chi connectivity index (χ1n) is 7.11. The third-order valence-electron chi connectivity index (χ3n) is 4.38. The zero-order valence-corrected chi connectivity index (χ0v) is 10.8. The number of aromatic nitrogens is 2. The topological polar surface area (TPSA) is 49.8 Å². The Morgan fingerprint density at radius 2 is 1.89 bits per heavy atom. The van der Waals surface area contributed by atoms with Gasteiger partial charge in [0.15, 0.2) is 5.82 Å². The highest BCUT2D eigenvalue weighted by Crippen LogP contribution is 2.29. The van der Waals surface area contributed by atoms with E-state index in [-0.39, 0.29) is 0 Å². The van der Waals surface area contributed by atoms with Crippen molar-refractivity contribution in [1.82, 2.24) is 15.5 Å². The van der Waals surface area contributed by atoms with Crippen molar-refractivity contribution in [2.45, 2.75) is 43.8 Å². The van der Waals surface area contributed by atoms with Crippen LogP contribution in [0.5, 0.6) is 0 Å². The fourth-order valence-electron chi connectivity index (χ4n) is 3.50. The molecule has 2 fully saturated rings. The van der Waals surface area contributed by atoms with Crippen LogP contribution in [-0.4, -0.2) is 28.3 Å². The molecule has 0 amide bonds. The second kappa shape index (κ2) is 4.46. The molecule has 4 rings (SSSR count). The first-order valence-corrected chi connectivity index (χ1v) is 7.11. The van der Waals surface area contributed by atoms with Crippen LogP contribution < -0.4 is 10.6 Å². The molecule has 2 aliphatic rings. The lowest BCUT2D eigenvalue weighted by Gasteiger charge is -2.30. The Kier molecular flexibility index (Phi) is 2.62. The van der Waals surface area contributed by atoms with Crippen LogP contribution in [0.1, 0.15) is 25.7 Å². The van der Waals surface area contributed by atoms with Gasteiger partial charge in [-0.2, -0.15) is 5.10 Å². The summed E-state index contributed by atoms with van der Waals surface area (Å²) in [6.45, 7) is 0. The quantitative estimate of drug-likeness (QED) is 0.863. The first kappa shape index (κ1) is 11.2. The standard InChI is InChI=1S/C15H18N4/c1-2-4-14-10(3-1)9-16-19-15(14)18-13-7-11-5-6-12(8-13)17-11/h1-4,9,11-13,17H,5-8H2,(H,18,19). The van der Waals surface area contributed by atoms with E-state index in [9.17, 15) is 0 Å². The average molecular weight is 254 g/mol. The minimum Gasteiger partial charge on any atom is -0.365 e. The summed E-state index contributed by atoms with van der Waals surface area (Å²) >= 11 is 0. The lowest BCUT2D eigenvalue weighted by molar-refractivity contribution is 0.377. The minimum absolute atomic E-state index is 0.527. The molecular formula is C15H18N4. The van der Waals surface area contributed by atoms with Gasteiger partial charge in [-0.3, -0.25) is 0 Å². The molecule has 2 saturated heterocycles. The van der Waals surface area contributed by atoms with Crippen molar-refractivity contribution in [3.05, 3.63) is 30.5 Å². The zero-order chi connectivity index (χ0) is 12.7. The highest BCUT2D eigenvalue weighted by Gasteiger charge is 2.33. The van der Waals surface area contributed by atoms with Gasteiger partial charge in [0, 0.05) is 28.9 Å². The van der Waals surface area contributed by atoms with E-state index >= 15 is 0 Å². The molecule has 0 spiro atoms. The third-order valence-corrected chi connectivity index (χ3v) is 4.38.